The van der Waals surface area contributed by atoms with Gasteiger partial charge in [-0.05, 0) is 61.2 Å². The number of nitrogens with zero attached hydrogens (tertiary/aromatic N) is 1. The van der Waals surface area contributed by atoms with Gasteiger partial charge in [-0.2, -0.15) is 0 Å². The number of hydrogen-bond acceptors (Lipinski definition) is 2. The molecule has 0 amide bonds. The monoisotopic (exact) mass is 280 g/mol. The van der Waals surface area contributed by atoms with E-state index in [0.717, 1.165) is 19.4 Å². The van der Waals surface area contributed by atoms with Crippen molar-refractivity contribution in [3.05, 3.63) is 53.6 Å². The summed E-state index contributed by atoms with van der Waals surface area (Å²) >= 11 is 0. The molecule has 110 valence electrons. The van der Waals surface area contributed by atoms with Gasteiger partial charge in [0.25, 0.3) is 0 Å². The third-order valence-electron chi connectivity index (χ3n) is 4.53. The van der Waals surface area contributed by atoms with E-state index in [0.29, 0.717) is 6.04 Å². The summed E-state index contributed by atoms with van der Waals surface area (Å²) in [6.45, 7) is 3.35. The van der Waals surface area contributed by atoms with Crippen LogP contribution in [0.1, 0.15) is 18.1 Å². The number of benzene rings is 2. The molecule has 1 heterocycles. The van der Waals surface area contributed by atoms with Crippen LogP contribution >= 0.6 is 0 Å². The Morgan fingerprint density at radius 3 is 2.52 bits per heavy atom. The van der Waals surface area contributed by atoms with Crippen molar-refractivity contribution in [3.8, 4) is 11.1 Å². The molecule has 1 N–H and O–H groups in total. The van der Waals surface area contributed by atoms with E-state index in [1.165, 1.54) is 27.9 Å². The summed E-state index contributed by atoms with van der Waals surface area (Å²) < 4.78 is 0. The molecule has 0 saturated heterocycles. The highest BCUT2D eigenvalue weighted by Gasteiger charge is 2.15. The summed E-state index contributed by atoms with van der Waals surface area (Å²) in [6, 6.07) is 16.4. The molecule has 2 nitrogen and oxygen atoms in total. The van der Waals surface area contributed by atoms with Crippen molar-refractivity contribution in [1.82, 2.24) is 5.32 Å². The summed E-state index contributed by atoms with van der Waals surface area (Å²) in [5, 5.41) is 3.29. The van der Waals surface area contributed by atoms with Gasteiger partial charge in [0.2, 0.25) is 0 Å². The molecule has 1 aliphatic heterocycles. The Morgan fingerprint density at radius 1 is 1.10 bits per heavy atom. The number of anilines is 1. The summed E-state index contributed by atoms with van der Waals surface area (Å²) in [5.41, 5.74) is 6.90. The number of likely N-dealkylation sites (N-methyl/N-ethyl adjacent to an activating group) is 2. The maximum atomic E-state index is 3.29. The fourth-order valence-corrected chi connectivity index (χ4v) is 3.04. The third-order valence-corrected chi connectivity index (χ3v) is 4.53. The van der Waals surface area contributed by atoms with Gasteiger partial charge in [0.05, 0.1) is 0 Å². The van der Waals surface area contributed by atoms with Gasteiger partial charge in [-0.15, -0.1) is 0 Å². The molecule has 0 bridgehead atoms. The highest BCUT2D eigenvalue weighted by Crippen LogP contribution is 2.31. The molecule has 3 rings (SSSR count). The van der Waals surface area contributed by atoms with Crippen molar-refractivity contribution >= 4 is 5.69 Å². The van der Waals surface area contributed by atoms with E-state index in [4.69, 9.17) is 0 Å². The number of nitrogens with one attached hydrogen (secondary N) is 1. The summed E-state index contributed by atoms with van der Waals surface area (Å²) in [6.07, 6.45) is 2.24. The Labute approximate surface area is 127 Å². The number of rotatable bonds is 4. The van der Waals surface area contributed by atoms with Gasteiger partial charge in [-0.25, -0.2) is 0 Å². The molecule has 0 spiro atoms. The van der Waals surface area contributed by atoms with Gasteiger partial charge in [0.15, 0.2) is 0 Å². The molecule has 2 heteroatoms. The quantitative estimate of drug-likeness (QED) is 0.922. The summed E-state index contributed by atoms with van der Waals surface area (Å²) in [5.74, 6) is 0. The van der Waals surface area contributed by atoms with E-state index < -0.39 is 0 Å². The van der Waals surface area contributed by atoms with Crippen molar-refractivity contribution in [2.24, 2.45) is 0 Å². The lowest BCUT2D eigenvalue weighted by Gasteiger charge is -2.13. The predicted octanol–water partition coefficient (Wildman–Crippen LogP) is 3.50. The molecule has 0 fully saturated rings. The van der Waals surface area contributed by atoms with Gasteiger partial charge in [-0.1, -0.05) is 30.3 Å². The zero-order valence-corrected chi connectivity index (χ0v) is 13.2. The fourth-order valence-electron chi connectivity index (χ4n) is 3.04. The molecule has 1 atom stereocenters. The predicted molar refractivity (Wildman–Crippen MR) is 91.1 cm³/mol. The number of fused-ring (bicyclic) bond motifs is 1. The van der Waals surface area contributed by atoms with Crippen LogP contribution in [0.25, 0.3) is 11.1 Å². The first kappa shape index (κ1) is 14.2. The Bertz CT molecular complexity index is 616. The molecule has 0 aromatic heterocycles. The standard InChI is InChI=1S/C19H24N2/c1-14(20-2)12-15-4-6-16(7-5-15)17-8-9-19-18(13-17)10-11-21(19)3/h4-9,13-14,20H,10-12H2,1-3H3. The Hall–Kier alpha value is -1.80. The zero-order valence-electron chi connectivity index (χ0n) is 13.2. The van der Waals surface area contributed by atoms with Crippen molar-refractivity contribution in [3.63, 3.8) is 0 Å². The van der Waals surface area contributed by atoms with Crippen LogP contribution in [0.3, 0.4) is 0 Å². The van der Waals surface area contributed by atoms with E-state index >= 15 is 0 Å². The first-order chi connectivity index (χ1) is 10.2. The number of hydrogen-bond donors (Lipinski definition) is 1. The minimum Gasteiger partial charge on any atom is -0.374 e. The second-order valence-corrected chi connectivity index (χ2v) is 6.11. The maximum absolute atomic E-state index is 3.29. The van der Waals surface area contributed by atoms with Crippen LogP contribution < -0.4 is 10.2 Å². The Balaban J connectivity index is 1.81. The smallest absolute Gasteiger partial charge is 0.0397 e. The average Bonchev–Trinajstić information content (AvgIpc) is 2.89. The highest BCUT2D eigenvalue weighted by molar-refractivity contribution is 5.70. The molecule has 1 unspecified atom stereocenters. The van der Waals surface area contributed by atoms with E-state index in [9.17, 15) is 0 Å². The molecular weight excluding hydrogens is 256 g/mol. The lowest BCUT2D eigenvalue weighted by atomic mass is 9.99. The summed E-state index contributed by atoms with van der Waals surface area (Å²) in [7, 11) is 4.18. The second-order valence-electron chi connectivity index (χ2n) is 6.11. The van der Waals surface area contributed by atoms with E-state index in [-0.39, 0.29) is 0 Å². The Kier molecular flexibility index (Phi) is 3.98. The average molecular weight is 280 g/mol. The Morgan fingerprint density at radius 2 is 1.81 bits per heavy atom. The van der Waals surface area contributed by atoms with Crippen molar-refractivity contribution < 1.29 is 0 Å². The van der Waals surface area contributed by atoms with Crippen LogP contribution in [-0.2, 0) is 12.8 Å². The molecular formula is C19H24N2. The third kappa shape index (κ3) is 2.96. The normalized spacial score (nSPS) is 15.1. The van der Waals surface area contributed by atoms with Crippen molar-refractivity contribution in [2.75, 3.05) is 25.5 Å². The molecule has 2 aromatic carbocycles. The molecule has 0 saturated carbocycles. The van der Waals surface area contributed by atoms with E-state index in [1.807, 2.05) is 7.05 Å². The summed E-state index contributed by atoms with van der Waals surface area (Å²) in [4.78, 5) is 2.33. The molecule has 0 radical (unpaired) electrons. The maximum Gasteiger partial charge on any atom is 0.0397 e. The zero-order chi connectivity index (χ0) is 14.8. The van der Waals surface area contributed by atoms with Crippen LogP contribution in [0, 0.1) is 0 Å². The largest absolute Gasteiger partial charge is 0.374 e. The van der Waals surface area contributed by atoms with E-state index in [2.05, 4.69) is 66.7 Å². The topological polar surface area (TPSA) is 15.3 Å². The molecule has 21 heavy (non-hydrogen) atoms. The van der Waals surface area contributed by atoms with Crippen LogP contribution in [0.2, 0.25) is 0 Å². The highest BCUT2D eigenvalue weighted by atomic mass is 15.1. The fraction of sp³-hybridized carbons (Fsp3) is 0.368. The van der Waals surface area contributed by atoms with Crippen molar-refractivity contribution in [2.45, 2.75) is 25.8 Å². The van der Waals surface area contributed by atoms with Gasteiger partial charge < -0.3 is 10.2 Å². The SMILES string of the molecule is CNC(C)Cc1ccc(-c2ccc3c(c2)CCN3C)cc1. The van der Waals surface area contributed by atoms with E-state index in [1.54, 1.807) is 0 Å². The molecule has 0 aliphatic carbocycles. The van der Waals surface area contributed by atoms with Gasteiger partial charge in [0.1, 0.15) is 0 Å². The minimum atomic E-state index is 0.520. The molecule has 2 aromatic rings. The lowest BCUT2D eigenvalue weighted by Crippen LogP contribution is -2.23. The van der Waals surface area contributed by atoms with Gasteiger partial charge in [-0.3, -0.25) is 0 Å². The first-order valence-electron chi connectivity index (χ1n) is 7.78. The van der Waals surface area contributed by atoms with Crippen LogP contribution in [-0.4, -0.2) is 26.7 Å². The van der Waals surface area contributed by atoms with Gasteiger partial charge >= 0.3 is 0 Å². The second kappa shape index (κ2) is 5.90. The minimum absolute atomic E-state index is 0.520. The lowest BCUT2D eigenvalue weighted by molar-refractivity contribution is 0.608. The van der Waals surface area contributed by atoms with Gasteiger partial charge in [0, 0.05) is 25.3 Å². The van der Waals surface area contributed by atoms with Crippen LogP contribution in [0.4, 0.5) is 5.69 Å². The molecule has 1 aliphatic rings. The van der Waals surface area contributed by atoms with Crippen LogP contribution in [0.5, 0.6) is 0 Å². The van der Waals surface area contributed by atoms with Crippen molar-refractivity contribution in [1.29, 1.82) is 0 Å². The van der Waals surface area contributed by atoms with Crippen LogP contribution in [0.15, 0.2) is 42.5 Å². The first-order valence-corrected chi connectivity index (χ1v) is 7.78.